The lowest BCUT2D eigenvalue weighted by Crippen LogP contribution is -2.23. The van der Waals surface area contributed by atoms with E-state index in [9.17, 15) is 0 Å². The van der Waals surface area contributed by atoms with Gasteiger partial charge in [0, 0.05) is 10.4 Å². The van der Waals surface area contributed by atoms with Crippen molar-refractivity contribution in [1.29, 1.82) is 0 Å². The number of halogens is 1. The Hall–Kier alpha value is -2.83. The van der Waals surface area contributed by atoms with Crippen molar-refractivity contribution in [2.75, 3.05) is 0 Å². The molecule has 0 aromatic heterocycles. The molecule has 1 heteroatoms. The van der Waals surface area contributed by atoms with Gasteiger partial charge in [0.25, 0.3) is 0 Å². The van der Waals surface area contributed by atoms with Gasteiger partial charge < -0.3 is 0 Å². The van der Waals surface area contributed by atoms with Crippen molar-refractivity contribution in [2.24, 2.45) is 0 Å². The van der Waals surface area contributed by atoms with E-state index in [-0.39, 0.29) is 5.41 Å². The lowest BCUT2D eigenvalue weighted by molar-refractivity contribution is 0.645. The molecule has 0 fully saturated rings. The Kier molecular flexibility index (Phi) is 3.80. The van der Waals surface area contributed by atoms with Gasteiger partial charge in [-0.25, -0.2) is 0 Å². The molecule has 4 aromatic carbocycles. The molecule has 0 atom stereocenters. The van der Waals surface area contributed by atoms with E-state index in [0.717, 1.165) is 17.9 Å². The van der Waals surface area contributed by atoms with Gasteiger partial charge in [0.1, 0.15) is 0 Å². The van der Waals surface area contributed by atoms with Crippen molar-refractivity contribution in [2.45, 2.75) is 32.1 Å². The van der Waals surface area contributed by atoms with Gasteiger partial charge in [0.2, 0.25) is 0 Å². The van der Waals surface area contributed by atoms with Crippen LogP contribution in [0.2, 0.25) is 5.02 Å². The highest BCUT2D eigenvalue weighted by molar-refractivity contribution is 6.31. The zero-order valence-electron chi connectivity index (χ0n) is 17.3. The van der Waals surface area contributed by atoms with E-state index in [0.29, 0.717) is 0 Å². The summed E-state index contributed by atoms with van der Waals surface area (Å²) in [7, 11) is 0. The molecule has 0 saturated heterocycles. The molecule has 2 aliphatic carbocycles. The first kappa shape index (κ1) is 18.0. The van der Waals surface area contributed by atoms with E-state index in [1.54, 1.807) is 0 Å². The molecule has 4 aromatic rings. The second-order valence-corrected chi connectivity index (χ2v) is 9.50. The minimum atomic E-state index is -0.0913. The van der Waals surface area contributed by atoms with Crippen molar-refractivity contribution in [3.63, 3.8) is 0 Å². The molecule has 0 unspecified atom stereocenters. The number of benzene rings is 4. The highest BCUT2D eigenvalue weighted by Gasteiger charge is 2.34. The maximum atomic E-state index is 6.46. The Morgan fingerprint density at radius 1 is 0.833 bits per heavy atom. The smallest absolute Gasteiger partial charge is 0.0409 e. The quantitative estimate of drug-likeness (QED) is 0.297. The van der Waals surface area contributed by atoms with E-state index in [4.69, 9.17) is 11.6 Å². The van der Waals surface area contributed by atoms with Crippen LogP contribution in [0.4, 0.5) is 0 Å². The summed E-state index contributed by atoms with van der Waals surface area (Å²) < 4.78 is 0. The maximum absolute atomic E-state index is 6.46. The zero-order valence-corrected chi connectivity index (χ0v) is 18.1. The Morgan fingerprint density at radius 3 is 2.60 bits per heavy atom. The van der Waals surface area contributed by atoms with Crippen molar-refractivity contribution in [3.8, 4) is 22.3 Å². The molecule has 0 heterocycles. The molecular weight excluding hydrogens is 384 g/mol. The van der Waals surface area contributed by atoms with Gasteiger partial charge in [-0.15, -0.1) is 0 Å². The van der Waals surface area contributed by atoms with Crippen LogP contribution in [0, 0.1) is 0 Å². The van der Waals surface area contributed by atoms with Crippen LogP contribution in [0.15, 0.2) is 72.8 Å². The average molecular weight is 407 g/mol. The Balaban J connectivity index is 1.73. The predicted octanol–water partition coefficient (Wildman–Crippen LogP) is 8.43. The van der Waals surface area contributed by atoms with E-state index in [2.05, 4.69) is 86.7 Å². The van der Waals surface area contributed by atoms with Gasteiger partial charge in [-0.05, 0) is 80.3 Å². The lowest BCUT2D eigenvalue weighted by atomic mass is 9.67. The largest absolute Gasteiger partial charge is 0.0843 e. The Morgan fingerprint density at radius 2 is 1.70 bits per heavy atom. The molecule has 6 rings (SSSR count). The highest BCUT2D eigenvalue weighted by Crippen LogP contribution is 2.52. The van der Waals surface area contributed by atoms with E-state index < -0.39 is 0 Å². The van der Waals surface area contributed by atoms with Crippen LogP contribution in [0.25, 0.3) is 39.1 Å². The summed E-state index contributed by atoms with van der Waals surface area (Å²) in [6.07, 6.45) is 6.77. The minimum Gasteiger partial charge on any atom is -0.0843 e. The van der Waals surface area contributed by atoms with Crippen LogP contribution < -0.4 is 0 Å². The summed E-state index contributed by atoms with van der Waals surface area (Å²) in [5, 5.41) is 3.49. The Labute approximate surface area is 182 Å². The molecule has 0 N–H and O–H groups in total. The molecule has 146 valence electrons. The van der Waals surface area contributed by atoms with Crippen molar-refractivity contribution >= 4 is 28.4 Å². The highest BCUT2D eigenvalue weighted by atomic mass is 35.5. The Bertz CT molecular complexity index is 1370. The van der Waals surface area contributed by atoms with Gasteiger partial charge in [0.15, 0.2) is 0 Å². The van der Waals surface area contributed by atoms with Gasteiger partial charge in [-0.2, -0.15) is 0 Å². The van der Waals surface area contributed by atoms with E-state index in [1.807, 2.05) is 6.07 Å². The molecule has 0 spiro atoms. The number of hydrogen-bond acceptors (Lipinski definition) is 0. The van der Waals surface area contributed by atoms with Gasteiger partial charge >= 0.3 is 0 Å². The molecule has 0 bridgehead atoms. The first-order valence-corrected chi connectivity index (χ1v) is 11.1. The molecule has 0 radical (unpaired) electrons. The number of allylic oxidation sites excluding steroid dienone is 1. The lowest BCUT2D eigenvalue weighted by Gasteiger charge is -2.36. The van der Waals surface area contributed by atoms with Gasteiger partial charge in [-0.1, -0.05) is 92.2 Å². The summed E-state index contributed by atoms with van der Waals surface area (Å²) >= 11 is 6.46. The first-order valence-electron chi connectivity index (χ1n) is 10.7. The molecule has 2 aliphatic rings. The third-order valence-electron chi connectivity index (χ3n) is 6.97. The fourth-order valence-corrected chi connectivity index (χ4v) is 5.59. The number of hydrogen-bond donors (Lipinski definition) is 0. The average Bonchev–Trinajstić information content (AvgIpc) is 2.77. The summed E-state index contributed by atoms with van der Waals surface area (Å²) in [4.78, 5) is 0. The fourth-order valence-electron chi connectivity index (χ4n) is 5.42. The summed E-state index contributed by atoms with van der Waals surface area (Å²) in [5.74, 6) is 0. The number of rotatable bonds is 1. The molecule has 30 heavy (non-hydrogen) atoms. The molecule has 0 saturated carbocycles. The topological polar surface area (TPSA) is 0 Å². The van der Waals surface area contributed by atoms with Crippen molar-refractivity contribution in [3.05, 3.63) is 100 Å². The molecule has 0 aliphatic heterocycles. The number of aryl methyl sites for hydroxylation is 1. The van der Waals surface area contributed by atoms with Gasteiger partial charge in [-0.3, -0.25) is 0 Å². The standard InChI is InChI=1S/C29H23Cl/c1-29(2)25-9-5-8-19-12-14-23(21-11-10-18-6-3-4-7-20(18)16-21)28(27(19)25)24-15-13-22(30)17-26(24)29/h3,5-6,8-17H,4,7H2,1-2H3. The molecule has 0 nitrogen and oxygen atoms in total. The van der Waals surface area contributed by atoms with E-state index in [1.165, 1.54) is 55.3 Å². The second-order valence-electron chi connectivity index (χ2n) is 9.06. The SMILES string of the molecule is CC1(C)c2cc(Cl)ccc2-c2c(-c3ccc4c(c3)CCC=C4)ccc3cccc1c23. The molecule has 0 amide bonds. The monoisotopic (exact) mass is 406 g/mol. The van der Waals surface area contributed by atoms with Crippen molar-refractivity contribution < 1.29 is 0 Å². The normalized spacial score (nSPS) is 15.7. The first-order chi connectivity index (χ1) is 14.5. The van der Waals surface area contributed by atoms with Crippen LogP contribution in [-0.2, 0) is 11.8 Å². The second kappa shape index (κ2) is 6.33. The van der Waals surface area contributed by atoms with Crippen LogP contribution in [0.5, 0.6) is 0 Å². The molecular formula is C29H23Cl. The van der Waals surface area contributed by atoms with Crippen LogP contribution in [0.1, 0.15) is 42.5 Å². The van der Waals surface area contributed by atoms with Crippen LogP contribution in [-0.4, -0.2) is 0 Å². The maximum Gasteiger partial charge on any atom is 0.0409 e. The van der Waals surface area contributed by atoms with Gasteiger partial charge in [0.05, 0.1) is 0 Å². The van der Waals surface area contributed by atoms with E-state index >= 15 is 0 Å². The summed E-state index contributed by atoms with van der Waals surface area (Å²) in [6.45, 7) is 4.63. The zero-order chi connectivity index (χ0) is 20.5. The third kappa shape index (κ3) is 2.47. The minimum absolute atomic E-state index is 0.0913. The third-order valence-corrected chi connectivity index (χ3v) is 7.21. The van der Waals surface area contributed by atoms with Crippen LogP contribution >= 0.6 is 11.6 Å². The van der Waals surface area contributed by atoms with Crippen molar-refractivity contribution in [1.82, 2.24) is 0 Å². The fraction of sp³-hybridized carbons (Fsp3) is 0.172. The van der Waals surface area contributed by atoms with Crippen LogP contribution in [0.3, 0.4) is 0 Å². The summed E-state index contributed by atoms with van der Waals surface area (Å²) in [5.41, 5.74) is 10.7. The predicted molar refractivity (Wildman–Crippen MR) is 129 cm³/mol. The summed E-state index contributed by atoms with van der Waals surface area (Å²) in [6, 6.07) is 24.7. The number of fused-ring (bicyclic) bond motifs is 3.